The van der Waals surface area contributed by atoms with Crippen molar-refractivity contribution in [2.24, 2.45) is 0 Å². The standard InChI is InChI=1S/C29H25FN8/c1-17(16-38(2)3)34-20-10-18(13-31-15-20)19-11-23-28(36-37-29(23)33-14-19)26-12-22-25(35-26)8-9-32-27(22)21-6-4-5-7-24(21)30/h4-15,34-35H,1,16H2,2-3H3,(H,33,36,37). The minimum Gasteiger partial charge on any atom is -0.357 e. The number of nitrogens with zero attached hydrogens (tertiary/aromatic N) is 5. The molecule has 0 unspecified atom stereocenters. The second-order valence-corrected chi connectivity index (χ2v) is 9.41. The molecule has 0 bridgehead atoms. The Morgan fingerprint density at radius 2 is 1.84 bits per heavy atom. The number of aromatic amines is 2. The lowest BCUT2D eigenvalue weighted by Crippen LogP contribution is -2.18. The molecule has 0 spiro atoms. The van der Waals surface area contributed by atoms with E-state index in [1.807, 2.05) is 43.3 Å². The third-order valence-electron chi connectivity index (χ3n) is 6.26. The first-order valence-electron chi connectivity index (χ1n) is 12.1. The average Bonchev–Trinajstić information content (AvgIpc) is 3.52. The number of halogens is 1. The third kappa shape index (κ3) is 4.39. The third-order valence-corrected chi connectivity index (χ3v) is 6.26. The molecule has 3 N–H and O–H groups in total. The lowest BCUT2D eigenvalue weighted by atomic mass is 10.1. The fourth-order valence-corrected chi connectivity index (χ4v) is 4.61. The van der Waals surface area contributed by atoms with Crippen molar-refractivity contribution >= 4 is 27.6 Å². The van der Waals surface area contributed by atoms with E-state index >= 15 is 0 Å². The minimum atomic E-state index is -0.313. The predicted octanol–water partition coefficient (Wildman–Crippen LogP) is 5.86. The Hall–Kier alpha value is -4.89. The van der Waals surface area contributed by atoms with Crippen molar-refractivity contribution in [3.63, 3.8) is 0 Å². The van der Waals surface area contributed by atoms with Gasteiger partial charge in [-0.2, -0.15) is 5.10 Å². The Kier molecular flexibility index (Phi) is 5.89. The number of fused-ring (bicyclic) bond motifs is 2. The van der Waals surface area contributed by atoms with Gasteiger partial charge in [-0.25, -0.2) is 9.37 Å². The number of benzene rings is 1. The van der Waals surface area contributed by atoms with E-state index in [4.69, 9.17) is 0 Å². The molecule has 0 radical (unpaired) electrons. The molecule has 1 aromatic carbocycles. The molecule has 0 aliphatic rings. The smallest absolute Gasteiger partial charge is 0.181 e. The molecule has 0 saturated carbocycles. The van der Waals surface area contributed by atoms with Gasteiger partial charge in [-0.05, 0) is 50.5 Å². The van der Waals surface area contributed by atoms with Crippen LogP contribution in [0.25, 0.3) is 55.7 Å². The number of pyridine rings is 3. The van der Waals surface area contributed by atoms with Gasteiger partial charge in [-0.3, -0.25) is 15.1 Å². The number of anilines is 1. The second kappa shape index (κ2) is 9.53. The molecule has 0 saturated heterocycles. The Labute approximate surface area is 218 Å². The van der Waals surface area contributed by atoms with E-state index in [1.165, 1.54) is 6.07 Å². The van der Waals surface area contributed by atoms with Gasteiger partial charge < -0.3 is 15.2 Å². The highest BCUT2D eigenvalue weighted by Gasteiger charge is 2.16. The van der Waals surface area contributed by atoms with Crippen molar-refractivity contribution < 1.29 is 4.39 Å². The van der Waals surface area contributed by atoms with Crippen LogP contribution in [0.4, 0.5) is 10.1 Å². The first kappa shape index (κ1) is 23.5. The van der Waals surface area contributed by atoms with Gasteiger partial charge in [0.15, 0.2) is 5.65 Å². The van der Waals surface area contributed by atoms with Crippen molar-refractivity contribution in [2.45, 2.75) is 0 Å². The zero-order valence-corrected chi connectivity index (χ0v) is 21.0. The van der Waals surface area contributed by atoms with E-state index in [0.29, 0.717) is 16.9 Å². The molecule has 5 heterocycles. The molecule has 0 aliphatic carbocycles. The van der Waals surface area contributed by atoms with Crippen LogP contribution in [-0.2, 0) is 0 Å². The number of H-pyrrole nitrogens is 2. The quantitative estimate of drug-likeness (QED) is 0.252. The maximum absolute atomic E-state index is 14.6. The first-order chi connectivity index (χ1) is 18.5. The predicted molar refractivity (Wildman–Crippen MR) is 149 cm³/mol. The second-order valence-electron chi connectivity index (χ2n) is 9.41. The fourth-order valence-electron chi connectivity index (χ4n) is 4.61. The number of rotatable bonds is 7. The van der Waals surface area contributed by atoms with Crippen LogP contribution in [0.1, 0.15) is 0 Å². The molecule has 5 aromatic heterocycles. The van der Waals surface area contributed by atoms with Gasteiger partial charge in [0.2, 0.25) is 0 Å². The summed E-state index contributed by atoms with van der Waals surface area (Å²) in [6, 6.07) is 14.6. The van der Waals surface area contributed by atoms with Crippen LogP contribution in [0.3, 0.4) is 0 Å². The van der Waals surface area contributed by atoms with Crippen molar-refractivity contribution in [3.05, 3.63) is 91.4 Å². The Morgan fingerprint density at radius 3 is 2.68 bits per heavy atom. The lowest BCUT2D eigenvalue weighted by molar-refractivity contribution is 0.447. The molecule has 0 atom stereocenters. The number of aromatic nitrogens is 6. The molecule has 9 heteroatoms. The van der Waals surface area contributed by atoms with E-state index in [1.54, 1.807) is 43.0 Å². The van der Waals surface area contributed by atoms with Crippen LogP contribution in [-0.4, -0.2) is 55.7 Å². The minimum absolute atomic E-state index is 0.313. The monoisotopic (exact) mass is 504 g/mol. The molecular formula is C29H25FN8. The Balaban J connectivity index is 1.39. The van der Waals surface area contributed by atoms with Crippen LogP contribution in [0, 0.1) is 5.82 Å². The molecule has 38 heavy (non-hydrogen) atoms. The van der Waals surface area contributed by atoms with Crippen LogP contribution in [0.2, 0.25) is 0 Å². The molecule has 8 nitrogen and oxygen atoms in total. The molecular weight excluding hydrogens is 479 g/mol. The highest BCUT2D eigenvalue weighted by Crippen LogP contribution is 2.34. The van der Waals surface area contributed by atoms with Crippen LogP contribution < -0.4 is 5.32 Å². The molecule has 0 amide bonds. The topological polar surface area (TPSA) is 98.4 Å². The van der Waals surface area contributed by atoms with Crippen LogP contribution in [0.5, 0.6) is 0 Å². The number of likely N-dealkylation sites (N-methyl/N-ethyl adjacent to an activating group) is 1. The maximum Gasteiger partial charge on any atom is 0.181 e. The van der Waals surface area contributed by atoms with Gasteiger partial charge in [0.1, 0.15) is 5.82 Å². The van der Waals surface area contributed by atoms with Crippen molar-refractivity contribution in [1.82, 2.24) is 35.0 Å². The number of nitrogens with one attached hydrogen (secondary N) is 3. The summed E-state index contributed by atoms with van der Waals surface area (Å²) in [5.41, 5.74) is 7.61. The van der Waals surface area contributed by atoms with E-state index < -0.39 is 0 Å². The summed E-state index contributed by atoms with van der Waals surface area (Å²) >= 11 is 0. The summed E-state index contributed by atoms with van der Waals surface area (Å²) in [4.78, 5) is 18.9. The maximum atomic E-state index is 14.6. The molecule has 0 aliphatic heterocycles. The summed E-state index contributed by atoms with van der Waals surface area (Å²) in [6.07, 6.45) is 7.03. The van der Waals surface area contributed by atoms with Gasteiger partial charge >= 0.3 is 0 Å². The summed E-state index contributed by atoms with van der Waals surface area (Å²) in [5, 5.41) is 12.5. The van der Waals surface area contributed by atoms with Crippen LogP contribution in [0.15, 0.2) is 85.6 Å². The zero-order chi connectivity index (χ0) is 26.2. The molecule has 6 aromatic rings. The van der Waals surface area contributed by atoms with Gasteiger partial charge in [0.25, 0.3) is 0 Å². The Bertz CT molecular complexity index is 1800. The summed E-state index contributed by atoms with van der Waals surface area (Å²) in [7, 11) is 3.99. The fraction of sp³-hybridized carbons (Fsp3) is 0.103. The van der Waals surface area contributed by atoms with Gasteiger partial charge in [0, 0.05) is 63.8 Å². The van der Waals surface area contributed by atoms with E-state index in [2.05, 4.69) is 42.0 Å². The zero-order valence-electron chi connectivity index (χ0n) is 21.0. The van der Waals surface area contributed by atoms with Crippen molar-refractivity contribution in [1.29, 1.82) is 0 Å². The van der Waals surface area contributed by atoms with Crippen LogP contribution >= 0.6 is 0 Å². The highest BCUT2D eigenvalue weighted by molar-refractivity contribution is 6.00. The normalized spacial score (nSPS) is 11.5. The van der Waals surface area contributed by atoms with Gasteiger partial charge in [-0.15, -0.1) is 0 Å². The molecule has 6 rings (SSSR count). The summed E-state index contributed by atoms with van der Waals surface area (Å²) in [6.45, 7) is 4.80. The first-order valence-corrected chi connectivity index (χ1v) is 12.1. The van der Waals surface area contributed by atoms with Crippen molar-refractivity contribution in [3.8, 4) is 33.8 Å². The lowest BCUT2D eigenvalue weighted by Gasteiger charge is -2.14. The Morgan fingerprint density at radius 1 is 1.00 bits per heavy atom. The van der Waals surface area contributed by atoms with Gasteiger partial charge in [0.05, 0.1) is 29.0 Å². The SMILES string of the molecule is C=C(CN(C)C)Nc1cncc(-c2cnc3n[nH]c(-c4cc5c(-c6ccccc6F)nccc5[nH]4)c3c2)c1. The number of hydrogen-bond acceptors (Lipinski definition) is 6. The molecule has 0 fully saturated rings. The highest BCUT2D eigenvalue weighted by atomic mass is 19.1. The van der Waals surface area contributed by atoms with E-state index in [-0.39, 0.29) is 5.82 Å². The summed E-state index contributed by atoms with van der Waals surface area (Å²) in [5.74, 6) is -0.313. The summed E-state index contributed by atoms with van der Waals surface area (Å²) < 4.78 is 14.6. The number of hydrogen-bond donors (Lipinski definition) is 3. The van der Waals surface area contributed by atoms with E-state index in [0.717, 1.165) is 56.7 Å². The largest absolute Gasteiger partial charge is 0.357 e. The van der Waals surface area contributed by atoms with Crippen molar-refractivity contribution in [2.75, 3.05) is 26.0 Å². The van der Waals surface area contributed by atoms with E-state index in [9.17, 15) is 4.39 Å². The average molecular weight is 505 g/mol. The molecule has 188 valence electrons. The van der Waals surface area contributed by atoms with Gasteiger partial charge in [-0.1, -0.05) is 18.7 Å².